The van der Waals surface area contributed by atoms with Crippen LogP contribution >= 0.6 is 8.58 Å². The molecule has 0 spiro atoms. The lowest BCUT2D eigenvalue weighted by molar-refractivity contribution is 0.464. The highest BCUT2D eigenvalue weighted by Gasteiger charge is 2.12. The van der Waals surface area contributed by atoms with E-state index in [4.69, 9.17) is 0 Å². The van der Waals surface area contributed by atoms with Gasteiger partial charge in [0.25, 0.3) is 0 Å². The molecule has 2 nitrogen and oxygen atoms in total. The highest BCUT2D eigenvalue weighted by Crippen LogP contribution is 2.39. The van der Waals surface area contributed by atoms with Crippen LogP contribution in [0.2, 0.25) is 0 Å². The van der Waals surface area contributed by atoms with E-state index in [1.807, 2.05) is 18.2 Å². The number of benzene rings is 2. The standard InChI is InChI=1S/C15H17O2P/c1-2-14(11-6-4-3-5-7-11)18-15-10-12(16)8-9-13(15)17/h3-10,14,16-18H,2H2,1H3. The Morgan fingerprint density at radius 2 is 1.78 bits per heavy atom. The fraction of sp³-hybridized carbons (Fsp3) is 0.200. The number of phenols is 2. The van der Waals surface area contributed by atoms with Crippen molar-refractivity contribution in [2.24, 2.45) is 0 Å². The van der Waals surface area contributed by atoms with Crippen LogP contribution < -0.4 is 5.30 Å². The van der Waals surface area contributed by atoms with Gasteiger partial charge >= 0.3 is 0 Å². The third kappa shape index (κ3) is 3.02. The van der Waals surface area contributed by atoms with Crippen molar-refractivity contribution in [3.8, 4) is 11.5 Å². The number of rotatable bonds is 4. The molecule has 0 radical (unpaired) electrons. The molecule has 0 fully saturated rings. The number of aromatic hydroxyl groups is 2. The lowest BCUT2D eigenvalue weighted by Gasteiger charge is -2.16. The first-order valence-corrected chi connectivity index (χ1v) is 7.12. The maximum absolute atomic E-state index is 9.82. The van der Waals surface area contributed by atoms with Crippen molar-refractivity contribution in [3.05, 3.63) is 54.1 Å². The molecule has 0 aliphatic carbocycles. The molecule has 0 aliphatic heterocycles. The molecule has 3 heteroatoms. The Kier molecular flexibility index (Phi) is 4.22. The third-order valence-electron chi connectivity index (χ3n) is 2.92. The van der Waals surface area contributed by atoms with Crippen molar-refractivity contribution in [1.82, 2.24) is 0 Å². The summed E-state index contributed by atoms with van der Waals surface area (Å²) >= 11 is 0. The van der Waals surface area contributed by atoms with E-state index >= 15 is 0 Å². The molecule has 0 saturated carbocycles. The third-order valence-corrected chi connectivity index (χ3v) is 4.72. The molecule has 0 aliphatic rings. The maximum Gasteiger partial charge on any atom is 0.123 e. The van der Waals surface area contributed by atoms with E-state index in [0.29, 0.717) is 14.2 Å². The quantitative estimate of drug-likeness (QED) is 0.652. The Bertz CT molecular complexity index is 511. The zero-order valence-corrected chi connectivity index (χ0v) is 11.3. The first kappa shape index (κ1) is 12.9. The molecule has 18 heavy (non-hydrogen) atoms. The minimum atomic E-state index is 0.207. The second kappa shape index (κ2) is 5.88. The SMILES string of the molecule is CCC(Pc1cc(O)ccc1O)c1ccccc1. The zero-order valence-electron chi connectivity index (χ0n) is 10.3. The summed E-state index contributed by atoms with van der Waals surface area (Å²) in [5.74, 6) is 0.471. The monoisotopic (exact) mass is 260 g/mol. The van der Waals surface area contributed by atoms with Gasteiger partial charge in [0, 0.05) is 11.0 Å². The highest BCUT2D eigenvalue weighted by molar-refractivity contribution is 7.47. The molecule has 0 amide bonds. The molecule has 2 aromatic rings. The lowest BCUT2D eigenvalue weighted by Crippen LogP contribution is -2.00. The fourth-order valence-electron chi connectivity index (χ4n) is 1.93. The number of hydrogen-bond donors (Lipinski definition) is 2. The minimum absolute atomic E-state index is 0.207. The van der Waals surface area contributed by atoms with Crippen LogP contribution in [0.1, 0.15) is 24.6 Å². The summed E-state index contributed by atoms with van der Waals surface area (Å²) < 4.78 is 0. The Morgan fingerprint density at radius 3 is 2.44 bits per heavy atom. The molecule has 2 N–H and O–H groups in total. The largest absolute Gasteiger partial charge is 0.508 e. The Labute approximate surface area is 109 Å². The van der Waals surface area contributed by atoms with Crippen LogP contribution in [-0.2, 0) is 0 Å². The van der Waals surface area contributed by atoms with Crippen LogP contribution in [0.25, 0.3) is 0 Å². The Morgan fingerprint density at radius 1 is 1.06 bits per heavy atom. The van der Waals surface area contributed by atoms with E-state index < -0.39 is 0 Å². The summed E-state index contributed by atoms with van der Waals surface area (Å²) in [7, 11) is 0.458. The summed E-state index contributed by atoms with van der Waals surface area (Å²) in [4.78, 5) is 0. The number of phenolic OH excluding ortho intramolecular Hbond substituents is 2. The van der Waals surface area contributed by atoms with Crippen molar-refractivity contribution in [3.63, 3.8) is 0 Å². The van der Waals surface area contributed by atoms with Crippen LogP contribution in [0.5, 0.6) is 11.5 Å². The predicted molar refractivity (Wildman–Crippen MR) is 77.2 cm³/mol. The van der Waals surface area contributed by atoms with Crippen LogP contribution in [0, 0.1) is 0 Å². The molecular weight excluding hydrogens is 243 g/mol. The topological polar surface area (TPSA) is 40.5 Å². The normalized spacial score (nSPS) is 12.9. The van der Waals surface area contributed by atoms with Crippen LogP contribution in [0.15, 0.2) is 48.5 Å². The Balaban J connectivity index is 2.23. The second-order valence-corrected chi connectivity index (χ2v) is 5.74. The molecule has 2 unspecified atom stereocenters. The fourth-order valence-corrected chi connectivity index (χ4v) is 3.33. The van der Waals surface area contributed by atoms with Gasteiger partial charge in [-0.05, 0) is 30.2 Å². The van der Waals surface area contributed by atoms with Gasteiger partial charge in [-0.25, -0.2) is 0 Å². The maximum atomic E-state index is 9.82. The Hall–Kier alpha value is -1.53. The van der Waals surface area contributed by atoms with Crippen molar-refractivity contribution >= 4 is 13.9 Å². The molecule has 2 rings (SSSR count). The van der Waals surface area contributed by atoms with Gasteiger partial charge in [-0.3, -0.25) is 0 Å². The molecule has 94 valence electrons. The van der Waals surface area contributed by atoms with E-state index in [1.54, 1.807) is 12.1 Å². The molecular formula is C15H17O2P. The smallest absolute Gasteiger partial charge is 0.123 e. The van der Waals surface area contributed by atoms with Crippen molar-refractivity contribution < 1.29 is 10.2 Å². The summed E-state index contributed by atoms with van der Waals surface area (Å²) in [5.41, 5.74) is 1.67. The molecule has 2 aromatic carbocycles. The second-order valence-electron chi connectivity index (χ2n) is 4.22. The van der Waals surface area contributed by atoms with Crippen LogP contribution in [-0.4, -0.2) is 10.2 Å². The van der Waals surface area contributed by atoms with Crippen molar-refractivity contribution in [2.45, 2.75) is 19.0 Å². The van der Waals surface area contributed by atoms with Gasteiger partial charge in [0.05, 0.1) is 0 Å². The van der Waals surface area contributed by atoms with Gasteiger partial charge in [-0.15, -0.1) is 0 Å². The highest BCUT2D eigenvalue weighted by atomic mass is 31.1. The van der Waals surface area contributed by atoms with Gasteiger partial charge in [0.1, 0.15) is 11.5 Å². The van der Waals surface area contributed by atoms with E-state index in [2.05, 4.69) is 19.1 Å². The van der Waals surface area contributed by atoms with Gasteiger partial charge in [-0.2, -0.15) is 0 Å². The number of hydrogen-bond acceptors (Lipinski definition) is 2. The van der Waals surface area contributed by atoms with E-state index in [9.17, 15) is 10.2 Å². The van der Waals surface area contributed by atoms with Gasteiger partial charge in [0.2, 0.25) is 0 Å². The van der Waals surface area contributed by atoms with Crippen LogP contribution in [0.3, 0.4) is 0 Å². The van der Waals surface area contributed by atoms with E-state index in [-0.39, 0.29) is 11.5 Å². The average Bonchev–Trinajstić information content (AvgIpc) is 2.41. The summed E-state index contributed by atoms with van der Waals surface area (Å²) in [6.45, 7) is 2.14. The predicted octanol–water partition coefficient (Wildman–Crippen LogP) is 3.55. The van der Waals surface area contributed by atoms with E-state index in [0.717, 1.165) is 11.7 Å². The minimum Gasteiger partial charge on any atom is -0.508 e. The van der Waals surface area contributed by atoms with Gasteiger partial charge in [-0.1, -0.05) is 45.8 Å². The van der Waals surface area contributed by atoms with Crippen LogP contribution in [0.4, 0.5) is 0 Å². The summed E-state index contributed by atoms with van der Waals surface area (Å²) in [6, 6.07) is 15.0. The molecule has 0 heterocycles. The molecule has 0 bridgehead atoms. The summed E-state index contributed by atoms with van der Waals surface area (Å²) in [5, 5.41) is 20.1. The molecule has 0 saturated heterocycles. The van der Waals surface area contributed by atoms with Gasteiger partial charge < -0.3 is 10.2 Å². The molecule has 0 aromatic heterocycles. The summed E-state index contributed by atoms with van der Waals surface area (Å²) in [6.07, 6.45) is 1.01. The van der Waals surface area contributed by atoms with E-state index in [1.165, 1.54) is 11.6 Å². The van der Waals surface area contributed by atoms with Crippen molar-refractivity contribution in [2.75, 3.05) is 0 Å². The lowest BCUT2D eigenvalue weighted by atomic mass is 10.1. The average molecular weight is 260 g/mol. The first-order valence-electron chi connectivity index (χ1n) is 6.04. The first-order chi connectivity index (χ1) is 8.70. The molecule has 2 atom stereocenters. The van der Waals surface area contributed by atoms with Gasteiger partial charge in [0.15, 0.2) is 0 Å². The zero-order chi connectivity index (χ0) is 13.0. The van der Waals surface area contributed by atoms with Crippen molar-refractivity contribution in [1.29, 1.82) is 0 Å².